The van der Waals surface area contributed by atoms with Gasteiger partial charge >= 0.3 is 0 Å². The Morgan fingerprint density at radius 3 is 2.65 bits per heavy atom. The van der Waals surface area contributed by atoms with Gasteiger partial charge in [-0.2, -0.15) is 0 Å². The van der Waals surface area contributed by atoms with E-state index in [1.165, 1.54) is 0 Å². The van der Waals surface area contributed by atoms with Crippen LogP contribution in [0.25, 0.3) is 0 Å². The van der Waals surface area contributed by atoms with Crippen LogP contribution in [-0.4, -0.2) is 72.2 Å². The summed E-state index contributed by atoms with van der Waals surface area (Å²) in [6, 6.07) is 9.65. The first kappa shape index (κ1) is 15.5. The number of nitrogens with one attached hydrogen (secondary N) is 1. The van der Waals surface area contributed by atoms with Gasteiger partial charge in [0.15, 0.2) is 0 Å². The summed E-state index contributed by atoms with van der Waals surface area (Å²) in [6.07, 6.45) is -0.244. The number of nitrogens with zero attached hydrogens (tertiary/aromatic N) is 3. The first-order chi connectivity index (χ1) is 11.1. The van der Waals surface area contributed by atoms with Gasteiger partial charge in [0.1, 0.15) is 6.17 Å². The van der Waals surface area contributed by atoms with Crippen molar-refractivity contribution in [3.8, 4) is 0 Å². The summed E-state index contributed by atoms with van der Waals surface area (Å²) in [5, 5.41) is 2.70. The molecule has 0 bridgehead atoms. The molecule has 7 nitrogen and oxygen atoms in total. The molecule has 0 saturated carbocycles. The molecule has 1 N–H and O–H groups in total. The molecule has 2 saturated heterocycles. The number of benzene rings is 1. The van der Waals surface area contributed by atoms with Crippen molar-refractivity contribution < 1.29 is 14.4 Å². The van der Waals surface area contributed by atoms with Crippen LogP contribution in [-0.2, 0) is 14.4 Å². The van der Waals surface area contributed by atoms with Crippen LogP contribution in [0.15, 0.2) is 30.3 Å². The largest absolute Gasteiger partial charge is 0.353 e. The number of hydrogen-bond donors (Lipinski definition) is 1. The van der Waals surface area contributed by atoms with E-state index in [4.69, 9.17) is 0 Å². The predicted octanol–water partition coefficient (Wildman–Crippen LogP) is -0.582. The van der Waals surface area contributed by atoms with E-state index in [2.05, 4.69) is 5.32 Å². The molecule has 2 aliphatic rings. The number of hydrogen-bond acceptors (Lipinski definition) is 4. The van der Waals surface area contributed by atoms with Crippen molar-refractivity contribution in [3.05, 3.63) is 35.9 Å². The monoisotopic (exact) mass is 316 g/mol. The first-order valence-corrected chi connectivity index (χ1v) is 7.65. The first-order valence-electron chi connectivity index (χ1n) is 7.65. The predicted molar refractivity (Wildman–Crippen MR) is 83.1 cm³/mol. The zero-order valence-electron chi connectivity index (χ0n) is 13.1. The minimum absolute atomic E-state index is 0.0111. The average Bonchev–Trinajstić information content (AvgIpc) is 2.82. The van der Waals surface area contributed by atoms with Gasteiger partial charge in [-0.05, 0) is 5.56 Å². The maximum absolute atomic E-state index is 12.5. The van der Waals surface area contributed by atoms with Crippen molar-refractivity contribution in [3.63, 3.8) is 0 Å². The van der Waals surface area contributed by atoms with E-state index >= 15 is 0 Å². The highest BCUT2D eigenvalue weighted by Gasteiger charge is 2.38. The summed E-state index contributed by atoms with van der Waals surface area (Å²) < 4.78 is 0. The van der Waals surface area contributed by atoms with E-state index in [0.717, 1.165) is 5.56 Å². The Morgan fingerprint density at radius 2 is 1.96 bits per heavy atom. The van der Waals surface area contributed by atoms with Gasteiger partial charge in [-0.3, -0.25) is 19.3 Å². The number of amides is 3. The molecule has 2 fully saturated rings. The van der Waals surface area contributed by atoms with Crippen LogP contribution in [0.3, 0.4) is 0 Å². The second-order valence-electron chi connectivity index (χ2n) is 5.86. The maximum Gasteiger partial charge on any atom is 0.239 e. The van der Waals surface area contributed by atoms with E-state index in [-0.39, 0.29) is 43.5 Å². The van der Waals surface area contributed by atoms with Gasteiger partial charge in [0.2, 0.25) is 17.7 Å². The number of carbonyl (C=O) groups is 3. The Bertz CT molecular complexity index is 619. The molecular weight excluding hydrogens is 296 g/mol. The molecule has 0 aliphatic carbocycles. The highest BCUT2D eigenvalue weighted by atomic mass is 16.2. The molecule has 1 unspecified atom stereocenters. The molecule has 3 rings (SSSR count). The van der Waals surface area contributed by atoms with Crippen LogP contribution < -0.4 is 5.32 Å². The van der Waals surface area contributed by atoms with E-state index in [9.17, 15) is 14.4 Å². The third-order valence-electron chi connectivity index (χ3n) is 4.27. The molecule has 0 spiro atoms. The van der Waals surface area contributed by atoms with Gasteiger partial charge < -0.3 is 15.1 Å². The van der Waals surface area contributed by atoms with E-state index in [1.807, 2.05) is 35.2 Å². The van der Waals surface area contributed by atoms with E-state index in [1.54, 1.807) is 16.8 Å². The van der Waals surface area contributed by atoms with Gasteiger partial charge in [0.25, 0.3) is 0 Å². The van der Waals surface area contributed by atoms with Crippen molar-refractivity contribution in [2.75, 3.05) is 39.8 Å². The third-order valence-corrected chi connectivity index (χ3v) is 4.27. The van der Waals surface area contributed by atoms with Crippen molar-refractivity contribution in [1.29, 1.82) is 0 Å². The number of likely N-dealkylation sites (N-methyl/N-ethyl adjacent to an activating group) is 1. The summed E-state index contributed by atoms with van der Waals surface area (Å²) >= 11 is 0. The number of rotatable bonds is 3. The lowest BCUT2D eigenvalue weighted by Gasteiger charge is -2.31. The van der Waals surface area contributed by atoms with Gasteiger partial charge in [-0.1, -0.05) is 30.3 Å². The zero-order chi connectivity index (χ0) is 16.4. The number of piperazine rings is 1. The fourth-order valence-corrected chi connectivity index (χ4v) is 3.08. The minimum Gasteiger partial charge on any atom is -0.353 e. The summed E-state index contributed by atoms with van der Waals surface area (Å²) in [6.45, 7) is 1.42. The summed E-state index contributed by atoms with van der Waals surface area (Å²) in [7, 11) is 1.75. The quantitative estimate of drug-likeness (QED) is 0.810. The van der Waals surface area contributed by atoms with Crippen molar-refractivity contribution >= 4 is 17.7 Å². The lowest BCUT2D eigenvalue weighted by Crippen LogP contribution is -2.52. The Morgan fingerprint density at radius 1 is 1.22 bits per heavy atom. The average molecular weight is 316 g/mol. The standard InChI is InChI=1S/C16H20N4O3/c1-18-14(22)10-20(16(18)12-5-3-2-4-6-12)11-15(23)19-8-7-17-13(21)9-19/h2-6,16H,7-11H2,1H3,(H,17,21). The van der Waals surface area contributed by atoms with Crippen LogP contribution in [0.4, 0.5) is 0 Å². The molecule has 1 aromatic rings. The molecule has 2 aliphatic heterocycles. The molecule has 0 radical (unpaired) electrons. The molecule has 7 heteroatoms. The van der Waals surface area contributed by atoms with Crippen molar-refractivity contribution in [2.24, 2.45) is 0 Å². The van der Waals surface area contributed by atoms with Gasteiger partial charge in [-0.25, -0.2) is 0 Å². The lowest BCUT2D eigenvalue weighted by molar-refractivity contribution is -0.139. The Labute approximate surface area is 134 Å². The van der Waals surface area contributed by atoms with E-state index in [0.29, 0.717) is 13.1 Å². The molecule has 3 amide bonds. The summed E-state index contributed by atoms with van der Waals surface area (Å²) in [4.78, 5) is 41.0. The second-order valence-corrected chi connectivity index (χ2v) is 5.86. The van der Waals surface area contributed by atoms with Crippen LogP contribution in [0.2, 0.25) is 0 Å². The Balaban J connectivity index is 1.74. The molecule has 0 aromatic heterocycles. The fraction of sp³-hybridized carbons (Fsp3) is 0.438. The van der Waals surface area contributed by atoms with Crippen LogP contribution >= 0.6 is 0 Å². The third kappa shape index (κ3) is 3.19. The van der Waals surface area contributed by atoms with Crippen LogP contribution in [0.5, 0.6) is 0 Å². The zero-order valence-corrected chi connectivity index (χ0v) is 13.1. The summed E-state index contributed by atoms with van der Waals surface area (Å²) in [5.41, 5.74) is 0.977. The van der Waals surface area contributed by atoms with E-state index < -0.39 is 0 Å². The van der Waals surface area contributed by atoms with Gasteiger partial charge in [0.05, 0.1) is 19.6 Å². The van der Waals surface area contributed by atoms with Gasteiger partial charge in [-0.15, -0.1) is 0 Å². The van der Waals surface area contributed by atoms with Crippen molar-refractivity contribution in [1.82, 2.24) is 20.0 Å². The molecule has 1 aromatic carbocycles. The smallest absolute Gasteiger partial charge is 0.239 e. The Hall–Kier alpha value is -2.41. The molecule has 1 atom stereocenters. The minimum atomic E-state index is -0.244. The van der Waals surface area contributed by atoms with Crippen LogP contribution in [0, 0.1) is 0 Å². The van der Waals surface area contributed by atoms with Crippen LogP contribution in [0.1, 0.15) is 11.7 Å². The second kappa shape index (κ2) is 6.37. The summed E-state index contributed by atoms with van der Waals surface area (Å²) in [5.74, 6) is -0.272. The van der Waals surface area contributed by atoms with Gasteiger partial charge in [0, 0.05) is 20.1 Å². The lowest BCUT2D eigenvalue weighted by atomic mass is 10.1. The normalized spacial score (nSPS) is 22.4. The fourth-order valence-electron chi connectivity index (χ4n) is 3.08. The highest BCUT2D eigenvalue weighted by molar-refractivity contribution is 5.88. The molecular formula is C16H20N4O3. The maximum atomic E-state index is 12.5. The van der Waals surface area contributed by atoms with Crippen molar-refractivity contribution in [2.45, 2.75) is 6.17 Å². The Kier molecular flexibility index (Phi) is 4.29. The SMILES string of the molecule is CN1C(=O)CN(CC(=O)N2CCNC(=O)C2)C1c1ccccc1. The highest BCUT2D eigenvalue weighted by Crippen LogP contribution is 2.29. The topological polar surface area (TPSA) is 73.0 Å². The number of carbonyl (C=O) groups excluding carboxylic acids is 3. The molecule has 2 heterocycles. The molecule has 122 valence electrons. The molecule has 23 heavy (non-hydrogen) atoms.